The van der Waals surface area contributed by atoms with Gasteiger partial charge in [-0.3, -0.25) is 14.4 Å². The van der Waals surface area contributed by atoms with Gasteiger partial charge in [0.1, 0.15) is 12.4 Å². The third-order valence-corrected chi connectivity index (χ3v) is 15.5. The lowest BCUT2D eigenvalue weighted by Gasteiger charge is -2.72. The van der Waals surface area contributed by atoms with Gasteiger partial charge in [0.15, 0.2) is 5.78 Å². The number of nitrogens with zero attached hydrogens (tertiary/aromatic N) is 4. The molecule has 2 heterocycles. The van der Waals surface area contributed by atoms with E-state index < -0.39 is 22.8 Å². The highest BCUT2D eigenvalue weighted by atomic mass is 16.5. The molecule has 0 spiro atoms. The van der Waals surface area contributed by atoms with Crippen molar-refractivity contribution in [2.24, 2.45) is 50.7 Å². The molecule has 276 valence electrons. The fraction of sp³-hybridized carbons (Fsp3) is 0.732. The van der Waals surface area contributed by atoms with Crippen LogP contribution in [0.2, 0.25) is 0 Å². The van der Waals surface area contributed by atoms with Crippen LogP contribution in [0, 0.1) is 50.7 Å². The van der Waals surface area contributed by atoms with Crippen LogP contribution in [-0.4, -0.2) is 49.1 Å². The van der Waals surface area contributed by atoms with Gasteiger partial charge < -0.3 is 14.3 Å². The van der Waals surface area contributed by atoms with Crippen LogP contribution in [0.3, 0.4) is 0 Å². The molecular formula is C41H56N4O6. The molecule has 0 radical (unpaired) electrons. The van der Waals surface area contributed by atoms with E-state index in [9.17, 15) is 19.5 Å². The second-order valence-electron chi connectivity index (χ2n) is 19.0. The van der Waals surface area contributed by atoms with E-state index in [0.717, 1.165) is 56.9 Å². The van der Waals surface area contributed by atoms with Crippen LogP contribution in [0.4, 0.5) is 0 Å². The first kappa shape index (κ1) is 36.0. The topological polar surface area (TPSA) is 145 Å². The molecule has 2 aromatic rings. The number of rotatable bonds is 7. The summed E-state index contributed by atoms with van der Waals surface area (Å²) in [5, 5.41) is 18.7. The van der Waals surface area contributed by atoms with Crippen molar-refractivity contribution in [2.75, 3.05) is 0 Å². The minimum absolute atomic E-state index is 0.0283. The fourth-order valence-electron chi connectivity index (χ4n) is 12.6. The molecule has 0 aliphatic heterocycles. The standard InChI is InChI=1S/C41H56N4O6/c1-23(2)31-26(46)18-41(34-45-44-33(51-34)24-20-42-22-43-21-24)17-16-39(8)25(32(31)41)10-11-28-38(7)14-13-29(50-30(47)19-36(3,4)35(48)49)37(5,6)27(38)12-15-40(28,39)9/h20-23,25,27-29H,10-19H2,1-9H3,(H,48,49). The molecule has 2 aromatic heterocycles. The highest BCUT2D eigenvalue weighted by Crippen LogP contribution is 2.76. The number of Topliss-reactive ketones (excluding diaryl/α,β-unsaturated/α-hetero) is 1. The number of carbonyl (C=O) groups is 3. The summed E-state index contributed by atoms with van der Waals surface area (Å²) in [5.41, 5.74) is 0.976. The number of aliphatic carboxylic acids is 1. The molecule has 51 heavy (non-hydrogen) atoms. The second-order valence-corrected chi connectivity index (χ2v) is 19.0. The SMILES string of the molecule is CC(C)C1=C2C3CCC4C5(C)CCC(OC(=O)CC(C)(C)C(=O)O)C(C)(C)C5CCC4(C)C3(C)CCC2(c2nnc(-c3cncnc3)o2)CC1=O. The Morgan fingerprint density at radius 1 is 0.941 bits per heavy atom. The van der Waals surface area contributed by atoms with Gasteiger partial charge >= 0.3 is 11.9 Å². The molecule has 0 aromatic carbocycles. The first-order valence-electron chi connectivity index (χ1n) is 19.1. The number of carboxylic acids is 1. The number of allylic oxidation sites excluding steroid dienone is 2. The molecule has 0 saturated heterocycles. The van der Waals surface area contributed by atoms with Crippen molar-refractivity contribution in [3.8, 4) is 11.5 Å². The zero-order chi connectivity index (χ0) is 36.9. The summed E-state index contributed by atoms with van der Waals surface area (Å²) in [4.78, 5) is 47.2. The number of ether oxygens (including phenoxy) is 1. The number of ketones is 1. The zero-order valence-electron chi connectivity index (χ0n) is 32.0. The van der Waals surface area contributed by atoms with Crippen LogP contribution in [0.5, 0.6) is 0 Å². The third kappa shape index (κ3) is 5.11. The third-order valence-electron chi connectivity index (χ3n) is 15.5. The van der Waals surface area contributed by atoms with Gasteiger partial charge in [0.25, 0.3) is 5.89 Å². The van der Waals surface area contributed by atoms with Crippen LogP contribution >= 0.6 is 0 Å². The van der Waals surface area contributed by atoms with E-state index in [1.54, 1.807) is 26.2 Å². The summed E-state index contributed by atoms with van der Waals surface area (Å²) in [6.45, 7) is 19.6. The number of hydrogen-bond donors (Lipinski definition) is 1. The largest absolute Gasteiger partial charge is 0.481 e. The molecule has 4 fully saturated rings. The van der Waals surface area contributed by atoms with Gasteiger partial charge in [-0.2, -0.15) is 0 Å². The van der Waals surface area contributed by atoms with Gasteiger partial charge in [-0.25, -0.2) is 9.97 Å². The first-order chi connectivity index (χ1) is 23.8. The summed E-state index contributed by atoms with van der Waals surface area (Å²) in [7, 11) is 0. The number of hydrogen-bond acceptors (Lipinski definition) is 9. The fourth-order valence-corrected chi connectivity index (χ4v) is 12.6. The Bertz CT molecular complexity index is 1780. The maximum atomic E-state index is 14.1. The summed E-state index contributed by atoms with van der Waals surface area (Å²) in [6.07, 6.45) is 12.5. The quantitative estimate of drug-likeness (QED) is 0.281. The first-order valence-corrected chi connectivity index (χ1v) is 19.1. The number of fused-ring (bicyclic) bond motifs is 7. The number of carboxylic acid groups (broad SMARTS) is 1. The van der Waals surface area contributed by atoms with E-state index >= 15 is 0 Å². The monoisotopic (exact) mass is 700 g/mol. The number of aromatic nitrogens is 4. The van der Waals surface area contributed by atoms with E-state index in [1.807, 2.05) is 0 Å². The van der Waals surface area contributed by atoms with Gasteiger partial charge in [-0.15, -0.1) is 10.2 Å². The van der Waals surface area contributed by atoms with E-state index in [4.69, 9.17) is 9.15 Å². The van der Waals surface area contributed by atoms with Crippen LogP contribution in [0.1, 0.15) is 132 Å². The van der Waals surface area contributed by atoms with Crippen LogP contribution < -0.4 is 0 Å². The molecule has 8 atom stereocenters. The highest BCUT2D eigenvalue weighted by molar-refractivity contribution is 6.01. The normalized spacial score (nSPS) is 37.3. The molecule has 5 aliphatic carbocycles. The smallest absolute Gasteiger partial charge is 0.309 e. The Hall–Kier alpha value is -3.43. The maximum Gasteiger partial charge on any atom is 0.309 e. The molecular weight excluding hydrogens is 644 g/mol. The molecule has 7 rings (SSSR count). The lowest BCUT2D eigenvalue weighted by Crippen LogP contribution is -2.66. The highest BCUT2D eigenvalue weighted by Gasteiger charge is 2.71. The van der Waals surface area contributed by atoms with Crippen molar-refractivity contribution in [3.63, 3.8) is 0 Å². The predicted molar refractivity (Wildman–Crippen MR) is 190 cm³/mol. The maximum absolute atomic E-state index is 14.1. The lowest BCUT2D eigenvalue weighted by molar-refractivity contribution is -0.232. The summed E-state index contributed by atoms with van der Waals surface area (Å²) in [5.74, 6) is 0.907. The van der Waals surface area contributed by atoms with Gasteiger partial charge in [0.2, 0.25) is 5.89 Å². The Balaban J connectivity index is 1.21. The van der Waals surface area contributed by atoms with Crippen LogP contribution in [-0.2, 0) is 24.5 Å². The lowest BCUT2D eigenvalue weighted by atomic mass is 9.33. The molecule has 5 aliphatic rings. The molecule has 1 N–H and O–H groups in total. The van der Waals surface area contributed by atoms with E-state index in [-0.39, 0.29) is 51.8 Å². The average Bonchev–Trinajstić information content (AvgIpc) is 3.67. The van der Waals surface area contributed by atoms with Crippen molar-refractivity contribution in [1.29, 1.82) is 0 Å². The van der Waals surface area contributed by atoms with Gasteiger partial charge in [0, 0.05) is 24.2 Å². The zero-order valence-corrected chi connectivity index (χ0v) is 32.0. The van der Waals surface area contributed by atoms with Crippen molar-refractivity contribution in [1.82, 2.24) is 20.2 Å². The van der Waals surface area contributed by atoms with E-state index in [2.05, 4.69) is 68.6 Å². The minimum atomic E-state index is -1.17. The molecule has 0 bridgehead atoms. The Morgan fingerprint density at radius 2 is 1.65 bits per heavy atom. The van der Waals surface area contributed by atoms with Crippen molar-refractivity contribution in [3.05, 3.63) is 35.8 Å². The molecule has 10 heteroatoms. The number of carbonyl (C=O) groups excluding carboxylic acids is 2. The number of esters is 1. The van der Waals surface area contributed by atoms with Crippen LogP contribution in [0.25, 0.3) is 11.5 Å². The molecule has 8 unspecified atom stereocenters. The van der Waals surface area contributed by atoms with E-state index in [1.165, 1.54) is 11.9 Å². The van der Waals surface area contributed by atoms with Crippen molar-refractivity contribution >= 4 is 17.7 Å². The van der Waals surface area contributed by atoms with Gasteiger partial charge in [0.05, 0.1) is 22.8 Å². The molecule has 10 nitrogen and oxygen atoms in total. The van der Waals surface area contributed by atoms with E-state index in [0.29, 0.717) is 35.6 Å². The van der Waals surface area contributed by atoms with Crippen LogP contribution in [0.15, 0.2) is 34.3 Å². The van der Waals surface area contributed by atoms with Gasteiger partial charge in [-0.05, 0) is 116 Å². The summed E-state index contributed by atoms with van der Waals surface area (Å²) in [6, 6.07) is 0. The molecule has 0 amide bonds. The van der Waals surface area contributed by atoms with Crippen molar-refractivity contribution < 1.29 is 28.6 Å². The van der Waals surface area contributed by atoms with Crippen molar-refractivity contribution in [2.45, 2.75) is 138 Å². The minimum Gasteiger partial charge on any atom is -0.481 e. The average molecular weight is 701 g/mol. The summed E-state index contributed by atoms with van der Waals surface area (Å²) < 4.78 is 12.6. The Kier molecular flexibility index (Phi) is 8.31. The Morgan fingerprint density at radius 3 is 2.31 bits per heavy atom. The summed E-state index contributed by atoms with van der Waals surface area (Å²) >= 11 is 0. The predicted octanol–water partition coefficient (Wildman–Crippen LogP) is 8.17. The Labute approximate surface area is 302 Å². The molecule has 4 saturated carbocycles. The second kappa shape index (κ2) is 11.8. The van der Waals surface area contributed by atoms with Gasteiger partial charge in [-0.1, -0.05) is 48.5 Å².